The number of carboxylic acid groups (broad SMARTS) is 1. The van der Waals surface area contributed by atoms with Crippen molar-refractivity contribution in [1.82, 2.24) is 4.31 Å². The molecule has 0 saturated heterocycles. The van der Waals surface area contributed by atoms with Gasteiger partial charge >= 0.3 is 29.6 Å². The average Bonchev–Trinajstić information content (AvgIpc) is 2.84. The largest absolute Gasteiger partial charge is 1.00 e. The van der Waals surface area contributed by atoms with Gasteiger partial charge in [0.2, 0.25) is 0 Å². The maximum Gasteiger partial charge on any atom is 1.00 e. The van der Waals surface area contributed by atoms with Crippen molar-refractivity contribution in [3.8, 4) is 0 Å². The maximum absolute atomic E-state index is 12.3. The SMILES string of the molecule is C[C@H](C(=O)[O-])c1ccc(SN2Cc3ccccc3C2=O)cc1.[Na+]. The zero-order valence-electron chi connectivity index (χ0n) is 13.0. The van der Waals surface area contributed by atoms with Crippen molar-refractivity contribution in [2.24, 2.45) is 0 Å². The maximum atomic E-state index is 12.3. The monoisotopic (exact) mass is 335 g/mol. The van der Waals surface area contributed by atoms with Crippen molar-refractivity contribution < 1.29 is 44.3 Å². The molecule has 1 heterocycles. The molecule has 1 aliphatic rings. The van der Waals surface area contributed by atoms with Crippen LogP contribution in [0.4, 0.5) is 0 Å². The molecule has 1 aliphatic heterocycles. The number of benzene rings is 2. The molecule has 1 amide bonds. The van der Waals surface area contributed by atoms with Crippen LogP contribution in [0, 0.1) is 0 Å². The summed E-state index contributed by atoms with van der Waals surface area (Å²) in [6.45, 7) is 2.18. The van der Waals surface area contributed by atoms with Gasteiger partial charge in [-0.2, -0.15) is 0 Å². The van der Waals surface area contributed by atoms with Gasteiger partial charge < -0.3 is 9.90 Å². The molecule has 6 heteroatoms. The Bertz CT molecular complexity index is 733. The number of hydrogen-bond donors (Lipinski definition) is 0. The second-order valence-corrected chi connectivity index (χ2v) is 6.29. The van der Waals surface area contributed by atoms with Crippen LogP contribution in [-0.4, -0.2) is 16.2 Å². The van der Waals surface area contributed by atoms with Crippen LogP contribution in [0.3, 0.4) is 0 Å². The summed E-state index contributed by atoms with van der Waals surface area (Å²) in [4.78, 5) is 24.0. The Morgan fingerprint density at radius 1 is 1.17 bits per heavy atom. The van der Waals surface area contributed by atoms with Gasteiger partial charge in [0, 0.05) is 22.3 Å². The smallest absolute Gasteiger partial charge is 0.550 e. The minimum atomic E-state index is -1.09. The van der Waals surface area contributed by atoms with Gasteiger partial charge in [-0.1, -0.05) is 37.3 Å². The van der Waals surface area contributed by atoms with Crippen LogP contribution in [0.5, 0.6) is 0 Å². The van der Waals surface area contributed by atoms with Crippen LogP contribution in [0.1, 0.15) is 34.3 Å². The average molecular weight is 335 g/mol. The molecule has 0 saturated carbocycles. The fourth-order valence-corrected chi connectivity index (χ4v) is 3.28. The molecular formula is C17H14NNaO3S. The summed E-state index contributed by atoms with van der Waals surface area (Å²) in [5, 5.41) is 10.9. The van der Waals surface area contributed by atoms with Gasteiger partial charge in [-0.05, 0) is 41.3 Å². The molecule has 0 aliphatic carbocycles. The summed E-state index contributed by atoms with van der Waals surface area (Å²) >= 11 is 1.37. The molecule has 0 unspecified atom stereocenters. The van der Waals surface area contributed by atoms with E-state index >= 15 is 0 Å². The number of carbonyl (C=O) groups is 2. The van der Waals surface area contributed by atoms with Crippen LogP contribution < -0.4 is 34.7 Å². The Balaban J connectivity index is 0.00000192. The molecule has 0 radical (unpaired) electrons. The minimum Gasteiger partial charge on any atom is -0.550 e. The zero-order valence-corrected chi connectivity index (χ0v) is 15.8. The van der Waals surface area contributed by atoms with E-state index in [4.69, 9.17) is 0 Å². The van der Waals surface area contributed by atoms with E-state index in [-0.39, 0.29) is 35.5 Å². The second kappa shape index (κ2) is 7.53. The van der Waals surface area contributed by atoms with Gasteiger partial charge in [-0.15, -0.1) is 0 Å². The summed E-state index contributed by atoms with van der Waals surface area (Å²) in [6.07, 6.45) is 0. The van der Waals surface area contributed by atoms with E-state index in [2.05, 4.69) is 0 Å². The third-order valence-electron chi connectivity index (χ3n) is 3.74. The first kappa shape index (κ1) is 18.1. The van der Waals surface area contributed by atoms with Crippen molar-refractivity contribution in [2.45, 2.75) is 24.3 Å². The van der Waals surface area contributed by atoms with Crippen molar-refractivity contribution in [2.75, 3.05) is 0 Å². The fourth-order valence-electron chi connectivity index (χ4n) is 2.38. The molecule has 0 bridgehead atoms. The molecule has 0 fully saturated rings. The predicted molar refractivity (Wildman–Crippen MR) is 82.0 cm³/mol. The minimum absolute atomic E-state index is 0. The van der Waals surface area contributed by atoms with Crippen LogP contribution in [0.2, 0.25) is 0 Å². The third kappa shape index (κ3) is 3.80. The molecule has 3 rings (SSSR count). The molecule has 2 aromatic carbocycles. The van der Waals surface area contributed by atoms with Gasteiger partial charge in [0.15, 0.2) is 0 Å². The zero-order chi connectivity index (χ0) is 15.7. The molecule has 1 atom stereocenters. The van der Waals surface area contributed by atoms with Crippen LogP contribution in [0.15, 0.2) is 53.4 Å². The van der Waals surface area contributed by atoms with E-state index in [1.54, 1.807) is 23.4 Å². The molecule has 0 spiro atoms. The van der Waals surface area contributed by atoms with Gasteiger partial charge in [-0.3, -0.25) is 9.10 Å². The molecule has 2 aromatic rings. The van der Waals surface area contributed by atoms with Crippen molar-refractivity contribution >= 4 is 23.8 Å². The van der Waals surface area contributed by atoms with E-state index in [1.165, 1.54) is 11.9 Å². The number of carbonyl (C=O) groups excluding carboxylic acids is 2. The van der Waals surface area contributed by atoms with Gasteiger partial charge in [0.05, 0.1) is 6.54 Å². The number of amides is 1. The van der Waals surface area contributed by atoms with Crippen molar-refractivity contribution in [3.05, 3.63) is 65.2 Å². The summed E-state index contributed by atoms with van der Waals surface area (Å²) in [5.41, 5.74) is 2.47. The third-order valence-corrected chi connectivity index (χ3v) is 4.74. The number of hydrogen-bond acceptors (Lipinski definition) is 4. The van der Waals surface area contributed by atoms with Crippen molar-refractivity contribution in [3.63, 3.8) is 0 Å². The Hall–Kier alpha value is -1.27. The standard InChI is InChI=1S/C17H15NO3S.Na/c1-11(17(20)21)12-6-8-14(9-7-12)22-18-10-13-4-2-3-5-15(13)16(18)19;/h2-9,11H,10H2,1H3,(H,20,21);/q;+1/p-1/t11-;/m0./s1. The van der Waals surface area contributed by atoms with Crippen LogP contribution in [0.25, 0.3) is 0 Å². The normalized spacial score (nSPS) is 14.1. The molecule has 4 nitrogen and oxygen atoms in total. The van der Waals surface area contributed by atoms with Crippen molar-refractivity contribution in [1.29, 1.82) is 0 Å². The van der Waals surface area contributed by atoms with E-state index in [0.717, 1.165) is 16.0 Å². The number of rotatable bonds is 4. The number of fused-ring (bicyclic) bond motifs is 1. The first-order valence-electron chi connectivity index (χ1n) is 6.95. The summed E-state index contributed by atoms with van der Waals surface area (Å²) in [5.74, 6) is -1.73. The Morgan fingerprint density at radius 2 is 1.83 bits per heavy atom. The van der Waals surface area contributed by atoms with Gasteiger partial charge in [0.1, 0.15) is 0 Å². The molecule has 23 heavy (non-hydrogen) atoms. The first-order valence-corrected chi connectivity index (χ1v) is 7.72. The molecule has 112 valence electrons. The fraction of sp³-hybridized carbons (Fsp3) is 0.176. The van der Waals surface area contributed by atoms with E-state index in [1.807, 2.05) is 36.4 Å². The molecule has 0 aromatic heterocycles. The van der Waals surface area contributed by atoms with Gasteiger partial charge in [-0.25, -0.2) is 0 Å². The number of aliphatic carboxylic acids is 1. The summed E-state index contributed by atoms with van der Waals surface area (Å²) in [7, 11) is 0. The first-order chi connectivity index (χ1) is 10.6. The van der Waals surface area contributed by atoms with Crippen LogP contribution >= 0.6 is 11.9 Å². The quantitative estimate of drug-likeness (QED) is 0.543. The summed E-state index contributed by atoms with van der Waals surface area (Å²) < 4.78 is 1.71. The van der Waals surface area contributed by atoms with E-state index in [9.17, 15) is 14.7 Å². The second-order valence-electron chi connectivity index (χ2n) is 5.20. The molecular weight excluding hydrogens is 321 g/mol. The number of nitrogens with zero attached hydrogens (tertiary/aromatic N) is 1. The molecule has 0 N–H and O–H groups in total. The van der Waals surface area contributed by atoms with E-state index < -0.39 is 11.9 Å². The predicted octanol–water partition coefficient (Wildman–Crippen LogP) is -0.793. The number of carboxylic acids is 1. The van der Waals surface area contributed by atoms with E-state index in [0.29, 0.717) is 12.1 Å². The van der Waals surface area contributed by atoms with Crippen LogP contribution in [-0.2, 0) is 11.3 Å². The topological polar surface area (TPSA) is 60.4 Å². The Kier molecular flexibility index (Phi) is 5.92. The van der Waals surface area contributed by atoms with Gasteiger partial charge in [0.25, 0.3) is 5.91 Å². The Labute approximate surface area is 161 Å². The summed E-state index contributed by atoms with van der Waals surface area (Å²) in [6, 6.07) is 14.8. The Morgan fingerprint density at radius 3 is 2.43 bits per heavy atom.